The van der Waals surface area contributed by atoms with Gasteiger partial charge in [-0.25, -0.2) is 15.0 Å². The average Bonchev–Trinajstić information content (AvgIpc) is 3.86. The Balaban J connectivity index is 1.28. The molecule has 0 saturated carbocycles. The summed E-state index contributed by atoms with van der Waals surface area (Å²) in [6.07, 6.45) is 0. The number of benzene rings is 7. The van der Waals surface area contributed by atoms with E-state index in [1.165, 1.54) is 0 Å². The summed E-state index contributed by atoms with van der Waals surface area (Å²) in [6, 6.07) is 46.9. The van der Waals surface area contributed by atoms with Gasteiger partial charge in [0.05, 0.1) is 5.56 Å². The monoisotopic (exact) mass is 629 g/mol. The van der Waals surface area contributed by atoms with E-state index in [9.17, 15) is 0 Å². The molecule has 0 fully saturated rings. The Bertz CT molecular complexity index is 3000. The van der Waals surface area contributed by atoms with Crippen LogP contribution in [0.15, 0.2) is 153 Å². The predicted octanol–water partition coefficient (Wildman–Crippen LogP) is 11.7. The lowest BCUT2D eigenvalue weighted by atomic mass is 9.99. The molecule has 0 bridgehead atoms. The van der Waals surface area contributed by atoms with Gasteiger partial charge in [-0.05, 0) is 47.2 Å². The third kappa shape index (κ3) is 3.79. The van der Waals surface area contributed by atoms with Crippen molar-refractivity contribution < 1.29 is 13.3 Å². The van der Waals surface area contributed by atoms with E-state index in [2.05, 4.69) is 60.7 Å². The molecule has 11 rings (SSSR count). The number of rotatable bonds is 3. The second kappa shape index (κ2) is 9.86. The van der Waals surface area contributed by atoms with E-state index in [-0.39, 0.29) is 0 Å². The summed E-state index contributed by atoms with van der Waals surface area (Å²) in [5, 5.41) is 8.21. The Morgan fingerprint density at radius 2 is 0.755 bits per heavy atom. The highest BCUT2D eigenvalue weighted by atomic mass is 16.3. The van der Waals surface area contributed by atoms with Crippen molar-refractivity contribution in [3.63, 3.8) is 0 Å². The molecule has 0 saturated heterocycles. The number of aromatic nitrogens is 3. The van der Waals surface area contributed by atoms with E-state index in [4.69, 9.17) is 28.2 Å². The van der Waals surface area contributed by atoms with Gasteiger partial charge in [-0.1, -0.05) is 103 Å². The lowest BCUT2D eigenvalue weighted by Crippen LogP contribution is -2.01. The third-order valence-corrected chi connectivity index (χ3v) is 9.53. The SMILES string of the molecule is c1ccc2c(c1)cc(-c1nc(-c3cccc4oc5ccccc5c34)nc(-c3cccc4oc5ccccc5c34)n1)c1oc3ccccc3c12. The largest absolute Gasteiger partial charge is 0.456 e. The highest BCUT2D eigenvalue weighted by molar-refractivity contribution is 6.22. The zero-order valence-electron chi connectivity index (χ0n) is 25.8. The van der Waals surface area contributed by atoms with Gasteiger partial charge in [-0.2, -0.15) is 0 Å². The molecule has 0 aliphatic carbocycles. The molecule has 0 N–H and O–H groups in total. The number of hydrogen-bond acceptors (Lipinski definition) is 6. The minimum atomic E-state index is 0.518. The molecule has 7 aromatic carbocycles. The number of fused-ring (bicyclic) bond motifs is 11. The summed E-state index contributed by atoms with van der Waals surface area (Å²) in [6.45, 7) is 0. The molecule has 0 aliphatic heterocycles. The zero-order valence-corrected chi connectivity index (χ0v) is 25.8. The van der Waals surface area contributed by atoms with Crippen LogP contribution in [0, 0.1) is 0 Å². The lowest BCUT2D eigenvalue weighted by Gasteiger charge is -2.11. The van der Waals surface area contributed by atoms with Crippen molar-refractivity contribution in [1.29, 1.82) is 0 Å². The Morgan fingerprint density at radius 1 is 0.327 bits per heavy atom. The molecule has 11 aromatic rings. The highest BCUT2D eigenvalue weighted by Gasteiger charge is 2.23. The number of nitrogens with zero attached hydrogens (tertiary/aromatic N) is 3. The molecule has 0 spiro atoms. The van der Waals surface area contributed by atoms with E-state index < -0.39 is 0 Å². The third-order valence-electron chi connectivity index (χ3n) is 9.53. The van der Waals surface area contributed by atoms with Gasteiger partial charge in [0, 0.05) is 43.4 Å². The Morgan fingerprint density at radius 3 is 1.33 bits per heavy atom. The lowest BCUT2D eigenvalue weighted by molar-refractivity contribution is 0.668. The van der Waals surface area contributed by atoms with Crippen LogP contribution in [0.1, 0.15) is 0 Å². The fraction of sp³-hybridized carbons (Fsp3) is 0. The Hall–Kier alpha value is -6.79. The maximum atomic E-state index is 6.64. The van der Waals surface area contributed by atoms with Crippen LogP contribution >= 0.6 is 0 Å². The first-order valence-corrected chi connectivity index (χ1v) is 16.2. The molecule has 49 heavy (non-hydrogen) atoms. The predicted molar refractivity (Wildman–Crippen MR) is 195 cm³/mol. The van der Waals surface area contributed by atoms with Crippen LogP contribution < -0.4 is 0 Å². The van der Waals surface area contributed by atoms with E-state index >= 15 is 0 Å². The molecule has 4 aromatic heterocycles. The standard InChI is InChI=1S/C43H23N3O3/c1-2-12-25-24(11-1)23-31(40-39(25)28-15-5-8-20-34(28)49-40)43-45-41(29-16-9-21-35-37(29)26-13-3-6-18-32(26)47-35)44-42(46-43)30-17-10-22-36-38(30)27-14-4-7-19-33(27)48-36/h1-23H. The Kier molecular flexibility index (Phi) is 5.29. The van der Waals surface area contributed by atoms with Crippen molar-refractivity contribution in [2.45, 2.75) is 0 Å². The van der Waals surface area contributed by atoms with Crippen LogP contribution in [0.2, 0.25) is 0 Å². The van der Waals surface area contributed by atoms with Gasteiger partial charge in [0.15, 0.2) is 17.5 Å². The fourth-order valence-electron chi connectivity index (χ4n) is 7.40. The minimum absolute atomic E-state index is 0.518. The summed E-state index contributed by atoms with van der Waals surface area (Å²) in [5.41, 5.74) is 7.24. The van der Waals surface area contributed by atoms with Gasteiger partial charge >= 0.3 is 0 Å². The number of furan rings is 3. The first kappa shape index (κ1) is 26.3. The highest BCUT2D eigenvalue weighted by Crippen LogP contribution is 2.43. The van der Waals surface area contributed by atoms with Crippen molar-refractivity contribution in [1.82, 2.24) is 15.0 Å². The van der Waals surface area contributed by atoms with E-state index in [1.807, 2.05) is 78.9 Å². The van der Waals surface area contributed by atoms with Crippen LogP contribution in [-0.4, -0.2) is 15.0 Å². The van der Waals surface area contributed by atoms with Crippen molar-refractivity contribution in [3.8, 4) is 34.2 Å². The molecule has 0 radical (unpaired) electrons. The van der Waals surface area contributed by atoms with Crippen LogP contribution in [0.5, 0.6) is 0 Å². The smallest absolute Gasteiger partial charge is 0.167 e. The minimum Gasteiger partial charge on any atom is -0.456 e. The van der Waals surface area contributed by atoms with E-state index in [0.717, 1.165) is 93.3 Å². The summed E-state index contributed by atoms with van der Waals surface area (Å²) in [5.74, 6) is 1.60. The second-order valence-electron chi connectivity index (χ2n) is 12.3. The first-order chi connectivity index (χ1) is 24.3. The molecule has 4 heterocycles. The maximum Gasteiger partial charge on any atom is 0.167 e. The maximum absolute atomic E-state index is 6.64. The van der Waals surface area contributed by atoms with Crippen molar-refractivity contribution >= 4 is 76.6 Å². The zero-order chi connectivity index (χ0) is 32.1. The van der Waals surface area contributed by atoms with Gasteiger partial charge in [0.2, 0.25) is 0 Å². The summed E-state index contributed by atoms with van der Waals surface area (Å²) in [4.78, 5) is 15.7. The molecule has 0 atom stereocenters. The molecular formula is C43H23N3O3. The average molecular weight is 630 g/mol. The van der Waals surface area contributed by atoms with Gasteiger partial charge in [0.1, 0.15) is 33.5 Å². The van der Waals surface area contributed by atoms with Crippen LogP contribution in [0.4, 0.5) is 0 Å². The molecule has 6 heteroatoms. The summed E-state index contributed by atoms with van der Waals surface area (Å²) in [7, 11) is 0. The molecule has 228 valence electrons. The van der Waals surface area contributed by atoms with Crippen molar-refractivity contribution in [3.05, 3.63) is 140 Å². The van der Waals surface area contributed by atoms with Gasteiger partial charge in [-0.15, -0.1) is 0 Å². The molecule has 6 nitrogen and oxygen atoms in total. The normalized spacial score (nSPS) is 12.1. The topological polar surface area (TPSA) is 78.1 Å². The quantitative estimate of drug-likeness (QED) is 0.193. The Labute approximate surface area is 277 Å². The van der Waals surface area contributed by atoms with Gasteiger partial charge in [0.25, 0.3) is 0 Å². The van der Waals surface area contributed by atoms with Gasteiger partial charge in [-0.3, -0.25) is 0 Å². The summed E-state index contributed by atoms with van der Waals surface area (Å²) < 4.78 is 19.2. The second-order valence-corrected chi connectivity index (χ2v) is 12.3. The van der Waals surface area contributed by atoms with E-state index in [0.29, 0.717) is 17.5 Å². The van der Waals surface area contributed by atoms with Crippen molar-refractivity contribution in [2.75, 3.05) is 0 Å². The molecule has 0 aliphatic rings. The number of hydrogen-bond donors (Lipinski definition) is 0. The first-order valence-electron chi connectivity index (χ1n) is 16.2. The van der Waals surface area contributed by atoms with Gasteiger partial charge < -0.3 is 13.3 Å². The van der Waals surface area contributed by atoms with Crippen molar-refractivity contribution in [2.24, 2.45) is 0 Å². The molecule has 0 unspecified atom stereocenters. The fourth-order valence-corrected chi connectivity index (χ4v) is 7.40. The van der Waals surface area contributed by atoms with Crippen LogP contribution in [-0.2, 0) is 0 Å². The molecular weight excluding hydrogens is 606 g/mol. The number of para-hydroxylation sites is 3. The molecule has 0 amide bonds. The van der Waals surface area contributed by atoms with Crippen LogP contribution in [0.3, 0.4) is 0 Å². The van der Waals surface area contributed by atoms with E-state index in [1.54, 1.807) is 0 Å². The summed E-state index contributed by atoms with van der Waals surface area (Å²) >= 11 is 0. The van der Waals surface area contributed by atoms with Crippen LogP contribution in [0.25, 0.3) is 111 Å².